The van der Waals surface area contributed by atoms with Crippen LogP contribution in [0.25, 0.3) is 4.96 Å². The number of fused-ring (bicyclic) bond motifs is 1. The Balaban J connectivity index is 1.72. The Labute approximate surface area is 119 Å². The topological polar surface area (TPSA) is 59.1 Å². The third kappa shape index (κ3) is 2.50. The van der Waals surface area contributed by atoms with Crippen molar-refractivity contribution in [1.82, 2.24) is 9.38 Å². The molecule has 5 nitrogen and oxygen atoms in total. The van der Waals surface area contributed by atoms with Crippen LogP contribution in [0.4, 0.5) is 0 Å². The molecule has 0 unspecified atom stereocenters. The zero-order chi connectivity index (χ0) is 13.9. The molecule has 0 aliphatic carbocycles. The van der Waals surface area contributed by atoms with E-state index in [4.69, 9.17) is 4.74 Å². The number of phenols is 1. The SMILES string of the molecule is COc1cc(C=NCc2cn3ccsc3n2)ccc1O. The fourth-order valence-corrected chi connectivity index (χ4v) is 2.59. The monoisotopic (exact) mass is 287 g/mol. The first kappa shape index (κ1) is 12.7. The average molecular weight is 287 g/mol. The second-order valence-corrected chi connectivity index (χ2v) is 5.10. The summed E-state index contributed by atoms with van der Waals surface area (Å²) < 4.78 is 7.04. The highest BCUT2D eigenvalue weighted by atomic mass is 32.1. The Morgan fingerprint density at radius 2 is 2.40 bits per heavy atom. The van der Waals surface area contributed by atoms with E-state index in [9.17, 15) is 5.11 Å². The van der Waals surface area contributed by atoms with E-state index in [1.54, 1.807) is 35.8 Å². The molecule has 3 rings (SSSR count). The van der Waals surface area contributed by atoms with Crippen LogP contribution in [0.3, 0.4) is 0 Å². The van der Waals surface area contributed by atoms with Crippen molar-refractivity contribution in [3.63, 3.8) is 0 Å². The van der Waals surface area contributed by atoms with Crippen LogP contribution in [-0.2, 0) is 6.54 Å². The van der Waals surface area contributed by atoms with E-state index in [2.05, 4.69) is 9.98 Å². The number of methoxy groups -OCH3 is 1. The molecule has 20 heavy (non-hydrogen) atoms. The molecule has 0 aliphatic rings. The minimum Gasteiger partial charge on any atom is -0.504 e. The lowest BCUT2D eigenvalue weighted by Gasteiger charge is -2.03. The Hall–Kier alpha value is -2.34. The number of benzene rings is 1. The van der Waals surface area contributed by atoms with Gasteiger partial charge >= 0.3 is 0 Å². The van der Waals surface area contributed by atoms with Crippen LogP contribution in [0, 0.1) is 0 Å². The molecular weight excluding hydrogens is 274 g/mol. The number of imidazole rings is 1. The summed E-state index contributed by atoms with van der Waals surface area (Å²) >= 11 is 1.60. The molecule has 1 aromatic carbocycles. The van der Waals surface area contributed by atoms with Crippen molar-refractivity contribution in [1.29, 1.82) is 0 Å². The second-order valence-electron chi connectivity index (χ2n) is 4.23. The van der Waals surface area contributed by atoms with Gasteiger partial charge in [-0.15, -0.1) is 11.3 Å². The van der Waals surface area contributed by atoms with Crippen molar-refractivity contribution in [2.24, 2.45) is 4.99 Å². The Bertz CT molecular complexity index is 732. The van der Waals surface area contributed by atoms with Crippen LogP contribution in [-0.4, -0.2) is 27.8 Å². The smallest absolute Gasteiger partial charge is 0.193 e. The minimum atomic E-state index is 0.124. The molecule has 0 radical (unpaired) electrons. The number of phenolic OH excluding ortho intramolecular Hbond substituents is 1. The number of aromatic nitrogens is 2. The molecule has 0 bridgehead atoms. The second kappa shape index (κ2) is 5.34. The van der Waals surface area contributed by atoms with Crippen LogP contribution in [0.5, 0.6) is 11.5 Å². The van der Waals surface area contributed by atoms with Gasteiger partial charge in [-0.1, -0.05) is 0 Å². The van der Waals surface area contributed by atoms with E-state index in [1.165, 1.54) is 7.11 Å². The van der Waals surface area contributed by atoms with Crippen LogP contribution >= 0.6 is 11.3 Å². The van der Waals surface area contributed by atoms with Crippen LogP contribution in [0.1, 0.15) is 11.3 Å². The predicted octanol–water partition coefficient (Wildman–Crippen LogP) is 2.73. The Morgan fingerprint density at radius 3 is 3.20 bits per heavy atom. The van der Waals surface area contributed by atoms with Crippen molar-refractivity contribution in [3.05, 3.63) is 47.2 Å². The van der Waals surface area contributed by atoms with Crippen molar-refractivity contribution < 1.29 is 9.84 Å². The molecule has 0 amide bonds. The van der Waals surface area contributed by atoms with Gasteiger partial charge in [0.15, 0.2) is 16.5 Å². The largest absolute Gasteiger partial charge is 0.504 e. The normalized spacial score (nSPS) is 11.4. The number of rotatable bonds is 4. The van der Waals surface area contributed by atoms with Gasteiger partial charge in [0.2, 0.25) is 0 Å². The highest BCUT2D eigenvalue weighted by Crippen LogP contribution is 2.25. The molecule has 6 heteroatoms. The first-order valence-corrected chi connectivity index (χ1v) is 6.92. The summed E-state index contributed by atoms with van der Waals surface area (Å²) in [7, 11) is 1.52. The van der Waals surface area contributed by atoms with E-state index >= 15 is 0 Å². The van der Waals surface area contributed by atoms with Gasteiger partial charge in [-0.05, 0) is 23.8 Å². The first-order chi connectivity index (χ1) is 9.76. The molecule has 0 atom stereocenters. The van der Waals surface area contributed by atoms with Gasteiger partial charge < -0.3 is 9.84 Å². The average Bonchev–Trinajstić information content (AvgIpc) is 3.01. The van der Waals surface area contributed by atoms with Gasteiger partial charge in [-0.25, -0.2) is 4.98 Å². The highest BCUT2D eigenvalue weighted by Gasteiger charge is 2.02. The minimum absolute atomic E-state index is 0.124. The van der Waals surface area contributed by atoms with Crippen LogP contribution in [0.15, 0.2) is 41.0 Å². The Kier molecular flexibility index (Phi) is 3.39. The van der Waals surface area contributed by atoms with Gasteiger partial charge in [0.25, 0.3) is 0 Å². The fourth-order valence-electron chi connectivity index (χ4n) is 1.87. The molecule has 3 aromatic rings. The van der Waals surface area contributed by atoms with E-state index in [-0.39, 0.29) is 5.75 Å². The predicted molar refractivity (Wildman–Crippen MR) is 79.0 cm³/mol. The third-order valence-corrected chi connectivity index (χ3v) is 3.61. The molecule has 102 valence electrons. The number of hydrogen-bond acceptors (Lipinski definition) is 5. The molecule has 0 fully saturated rings. The molecule has 1 N–H and O–H groups in total. The summed E-state index contributed by atoms with van der Waals surface area (Å²) in [5, 5.41) is 11.5. The van der Waals surface area contributed by atoms with Crippen LogP contribution < -0.4 is 4.74 Å². The number of hydrogen-bond donors (Lipinski definition) is 1. The van der Waals surface area contributed by atoms with Gasteiger partial charge in [-0.3, -0.25) is 9.39 Å². The van der Waals surface area contributed by atoms with Gasteiger partial charge in [0.1, 0.15) is 0 Å². The van der Waals surface area contributed by atoms with Crippen molar-refractivity contribution >= 4 is 22.5 Å². The maximum atomic E-state index is 9.51. The first-order valence-electron chi connectivity index (χ1n) is 6.04. The number of aliphatic imine (C=N–C) groups is 1. The molecule has 2 aromatic heterocycles. The van der Waals surface area contributed by atoms with E-state index in [1.807, 2.05) is 22.2 Å². The van der Waals surface area contributed by atoms with Gasteiger partial charge in [0.05, 0.1) is 19.3 Å². The summed E-state index contributed by atoms with van der Waals surface area (Å²) in [5.74, 6) is 0.565. The van der Waals surface area contributed by atoms with Crippen molar-refractivity contribution in [2.75, 3.05) is 7.11 Å². The van der Waals surface area contributed by atoms with Gasteiger partial charge in [0, 0.05) is 24.0 Å². The standard InChI is InChI=1S/C14H13N3O2S/c1-19-13-6-10(2-3-12(13)18)7-15-8-11-9-17-4-5-20-14(17)16-11/h2-7,9,18H,8H2,1H3. The Morgan fingerprint density at radius 1 is 1.50 bits per heavy atom. The van der Waals surface area contributed by atoms with Crippen molar-refractivity contribution in [3.8, 4) is 11.5 Å². The van der Waals surface area contributed by atoms with Crippen LogP contribution in [0.2, 0.25) is 0 Å². The molecular formula is C14H13N3O2S. The summed E-state index contributed by atoms with van der Waals surface area (Å²) in [6.45, 7) is 0.525. The number of nitrogens with zero attached hydrogens (tertiary/aromatic N) is 3. The maximum Gasteiger partial charge on any atom is 0.193 e. The summed E-state index contributed by atoms with van der Waals surface area (Å²) in [4.78, 5) is 9.79. The summed E-state index contributed by atoms with van der Waals surface area (Å²) in [6, 6.07) is 5.12. The van der Waals surface area contributed by atoms with Crippen molar-refractivity contribution in [2.45, 2.75) is 6.54 Å². The zero-order valence-electron chi connectivity index (χ0n) is 10.9. The van der Waals surface area contributed by atoms with E-state index in [0.717, 1.165) is 16.2 Å². The summed E-state index contributed by atoms with van der Waals surface area (Å²) in [6.07, 6.45) is 5.70. The lowest BCUT2D eigenvalue weighted by molar-refractivity contribution is 0.373. The molecule has 0 saturated heterocycles. The molecule has 0 aliphatic heterocycles. The zero-order valence-corrected chi connectivity index (χ0v) is 11.7. The molecule has 0 saturated carbocycles. The lowest BCUT2D eigenvalue weighted by Crippen LogP contribution is -1.88. The highest BCUT2D eigenvalue weighted by molar-refractivity contribution is 7.15. The summed E-state index contributed by atoms with van der Waals surface area (Å²) in [5.41, 5.74) is 1.81. The van der Waals surface area contributed by atoms with E-state index < -0.39 is 0 Å². The lowest BCUT2D eigenvalue weighted by atomic mass is 10.2. The number of ether oxygens (including phenoxy) is 1. The molecule has 2 heterocycles. The molecule has 0 spiro atoms. The number of thiazole rings is 1. The van der Waals surface area contributed by atoms with E-state index in [0.29, 0.717) is 12.3 Å². The van der Waals surface area contributed by atoms with Gasteiger partial charge in [-0.2, -0.15) is 0 Å². The maximum absolute atomic E-state index is 9.51. The quantitative estimate of drug-likeness (QED) is 0.751. The number of aromatic hydroxyl groups is 1. The third-order valence-electron chi connectivity index (χ3n) is 2.84. The fraction of sp³-hybridized carbons (Fsp3) is 0.143.